The molecule has 9 nitrogen and oxygen atoms in total. The van der Waals surface area contributed by atoms with Gasteiger partial charge in [-0.05, 0) is 43.6 Å². The summed E-state index contributed by atoms with van der Waals surface area (Å²) in [6.07, 6.45) is -0.660. The van der Waals surface area contributed by atoms with Crippen LogP contribution < -0.4 is 16.0 Å². The van der Waals surface area contributed by atoms with Crippen molar-refractivity contribution in [1.82, 2.24) is 15.0 Å². The Labute approximate surface area is 176 Å². The van der Waals surface area contributed by atoms with Gasteiger partial charge in [-0.25, -0.2) is 4.79 Å². The molecule has 12 heteroatoms. The van der Waals surface area contributed by atoms with E-state index in [9.17, 15) is 4.79 Å². The van der Waals surface area contributed by atoms with Crippen LogP contribution in [0.2, 0.25) is 15.3 Å². The average Bonchev–Trinajstić information content (AvgIpc) is 2.61. The van der Waals surface area contributed by atoms with Crippen LogP contribution >= 0.6 is 34.8 Å². The standard InChI is InChI=1S/C16H16Cl3N7O2/c1-16(2,8-20)26-14-24-12(19)23-13(25-14)21-5-6-28-15(27)22-9-3-4-10(17)11(18)7-9/h3-4,7H,5-6H2,1-2H3,(H,22,27)(H2,21,23,24,25,26). The van der Waals surface area contributed by atoms with Crippen LogP contribution in [-0.4, -0.2) is 39.7 Å². The van der Waals surface area contributed by atoms with Gasteiger partial charge in [-0.2, -0.15) is 20.2 Å². The third-order valence-electron chi connectivity index (χ3n) is 3.10. The number of carbonyl (C=O) groups is 1. The lowest BCUT2D eigenvalue weighted by atomic mass is 10.1. The second-order valence-corrected chi connectivity index (χ2v) is 7.08. The number of hydrogen-bond acceptors (Lipinski definition) is 8. The fourth-order valence-electron chi connectivity index (χ4n) is 1.83. The Morgan fingerprint density at radius 1 is 1.18 bits per heavy atom. The fraction of sp³-hybridized carbons (Fsp3) is 0.312. The second kappa shape index (κ2) is 9.59. The third-order valence-corrected chi connectivity index (χ3v) is 4.00. The molecule has 148 valence electrons. The highest BCUT2D eigenvalue weighted by Gasteiger charge is 2.18. The molecule has 3 N–H and O–H groups in total. The summed E-state index contributed by atoms with van der Waals surface area (Å²) >= 11 is 17.6. The van der Waals surface area contributed by atoms with Crippen LogP contribution in [0.3, 0.4) is 0 Å². The van der Waals surface area contributed by atoms with E-state index in [-0.39, 0.29) is 30.3 Å². The van der Waals surface area contributed by atoms with Crippen molar-refractivity contribution >= 4 is 58.5 Å². The van der Waals surface area contributed by atoms with Gasteiger partial charge < -0.3 is 15.4 Å². The van der Waals surface area contributed by atoms with Crippen molar-refractivity contribution in [2.24, 2.45) is 0 Å². The molecule has 0 aliphatic carbocycles. The monoisotopic (exact) mass is 443 g/mol. The van der Waals surface area contributed by atoms with Crippen molar-refractivity contribution in [3.63, 3.8) is 0 Å². The molecular weight excluding hydrogens is 429 g/mol. The van der Waals surface area contributed by atoms with Crippen LogP contribution in [0.25, 0.3) is 0 Å². The van der Waals surface area contributed by atoms with E-state index in [1.165, 1.54) is 6.07 Å². The second-order valence-electron chi connectivity index (χ2n) is 5.93. The molecule has 2 aromatic rings. The van der Waals surface area contributed by atoms with E-state index in [1.54, 1.807) is 26.0 Å². The predicted molar refractivity (Wildman–Crippen MR) is 108 cm³/mol. The van der Waals surface area contributed by atoms with E-state index in [1.807, 2.05) is 0 Å². The number of hydrogen-bond donors (Lipinski definition) is 3. The molecule has 1 amide bonds. The average molecular weight is 445 g/mol. The van der Waals surface area contributed by atoms with Gasteiger partial charge in [-0.1, -0.05) is 23.2 Å². The lowest BCUT2D eigenvalue weighted by molar-refractivity contribution is 0.166. The van der Waals surface area contributed by atoms with Crippen molar-refractivity contribution in [3.05, 3.63) is 33.5 Å². The van der Waals surface area contributed by atoms with Crippen molar-refractivity contribution in [2.75, 3.05) is 29.1 Å². The fourth-order valence-corrected chi connectivity index (χ4v) is 2.29. The molecular formula is C16H16Cl3N7O2. The van der Waals surface area contributed by atoms with E-state index < -0.39 is 11.6 Å². The summed E-state index contributed by atoms with van der Waals surface area (Å²) in [6.45, 7) is 3.58. The quantitative estimate of drug-likeness (QED) is 0.542. The van der Waals surface area contributed by atoms with Crippen LogP contribution in [0.5, 0.6) is 0 Å². The molecule has 0 radical (unpaired) electrons. The first-order chi connectivity index (χ1) is 13.2. The van der Waals surface area contributed by atoms with Gasteiger partial charge >= 0.3 is 6.09 Å². The number of anilines is 3. The van der Waals surface area contributed by atoms with Crippen LogP contribution in [0, 0.1) is 11.3 Å². The van der Waals surface area contributed by atoms with E-state index in [0.717, 1.165) is 0 Å². The Bertz CT molecular complexity index is 902. The number of benzene rings is 1. The molecule has 0 saturated carbocycles. The number of aromatic nitrogens is 3. The van der Waals surface area contributed by atoms with Gasteiger partial charge in [0.2, 0.25) is 17.2 Å². The van der Waals surface area contributed by atoms with Gasteiger partial charge in [-0.3, -0.25) is 5.32 Å². The Kier molecular flexibility index (Phi) is 7.45. The SMILES string of the molecule is CC(C)(C#N)Nc1nc(Cl)nc(NCCOC(=O)Nc2ccc(Cl)c(Cl)c2)n1. The summed E-state index contributed by atoms with van der Waals surface area (Å²) in [5.41, 5.74) is -0.430. The summed E-state index contributed by atoms with van der Waals surface area (Å²) < 4.78 is 5.04. The number of carbonyl (C=O) groups excluding carboxylic acids is 1. The maximum atomic E-state index is 11.8. The molecule has 0 unspecified atom stereocenters. The van der Waals surface area contributed by atoms with Gasteiger partial charge in [0.25, 0.3) is 0 Å². The van der Waals surface area contributed by atoms with Gasteiger partial charge in [0.1, 0.15) is 12.1 Å². The van der Waals surface area contributed by atoms with Crippen molar-refractivity contribution in [1.29, 1.82) is 5.26 Å². The van der Waals surface area contributed by atoms with Gasteiger partial charge in [0.05, 0.1) is 22.7 Å². The lowest BCUT2D eigenvalue weighted by Crippen LogP contribution is -2.30. The van der Waals surface area contributed by atoms with Crippen molar-refractivity contribution in [3.8, 4) is 6.07 Å². The van der Waals surface area contributed by atoms with E-state index in [2.05, 4.69) is 37.0 Å². The highest BCUT2D eigenvalue weighted by atomic mass is 35.5. The molecule has 1 aromatic heterocycles. The zero-order chi connectivity index (χ0) is 20.7. The summed E-state index contributed by atoms with van der Waals surface area (Å²) in [4.78, 5) is 23.7. The Balaban J connectivity index is 1.83. The molecule has 0 aliphatic rings. The summed E-state index contributed by atoms with van der Waals surface area (Å²) in [5, 5.41) is 17.9. The van der Waals surface area contributed by atoms with Gasteiger partial charge in [0, 0.05) is 5.69 Å². The number of halogens is 3. The largest absolute Gasteiger partial charge is 0.447 e. The Hall–Kier alpha value is -2.54. The zero-order valence-electron chi connectivity index (χ0n) is 14.9. The first-order valence-electron chi connectivity index (χ1n) is 7.92. The Morgan fingerprint density at radius 3 is 2.57 bits per heavy atom. The van der Waals surface area contributed by atoms with Crippen LogP contribution in [0.15, 0.2) is 18.2 Å². The highest BCUT2D eigenvalue weighted by Crippen LogP contribution is 2.25. The highest BCUT2D eigenvalue weighted by molar-refractivity contribution is 6.42. The number of nitriles is 1. The van der Waals surface area contributed by atoms with Gasteiger partial charge in [0.15, 0.2) is 0 Å². The van der Waals surface area contributed by atoms with Crippen LogP contribution in [-0.2, 0) is 4.74 Å². The smallest absolute Gasteiger partial charge is 0.411 e. The molecule has 0 fully saturated rings. The molecule has 0 aliphatic heterocycles. The molecule has 28 heavy (non-hydrogen) atoms. The minimum Gasteiger partial charge on any atom is -0.447 e. The number of nitrogens with one attached hydrogen (secondary N) is 3. The van der Waals surface area contributed by atoms with E-state index >= 15 is 0 Å². The summed E-state index contributed by atoms with van der Waals surface area (Å²) in [7, 11) is 0. The van der Waals surface area contributed by atoms with E-state index in [4.69, 9.17) is 44.8 Å². The molecule has 0 spiro atoms. The molecule has 2 rings (SSSR count). The number of rotatable bonds is 7. The normalized spacial score (nSPS) is 10.7. The van der Waals surface area contributed by atoms with E-state index in [0.29, 0.717) is 15.7 Å². The zero-order valence-corrected chi connectivity index (χ0v) is 17.2. The first kappa shape index (κ1) is 21.8. The number of amides is 1. The molecule has 0 atom stereocenters. The maximum Gasteiger partial charge on any atom is 0.411 e. The summed E-state index contributed by atoms with van der Waals surface area (Å²) in [5.74, 6) is 0.317. The minimum absolute atomic E-state index is 0.0307. The molecule has 0 saturated heterocycles. The topological polar surface area (TPSA) is 125 Å². The van der Waals surface area contributed by atoms with Crippen molar-refractivity contribution in [2.45, 2.75) is 19.4 Å². The Morgan fingerprint density at radius 2 is 1.89 bits per heavy atom. The maximum absolute atomic E-state index is 11.8. The minimum atomic E-state index is -0.881. The van der Waals surface area contributed by atoms with Crippen LogP contribution in [0.4, 0.5) is 22.4 Å². The number of nitrogens with zero attached hydrogens (tertiary/aromatic N) is 4. The van der Waals surface area contributed by atoms with Crippen LogP contribution in [0.1, 0.15) is 13.8 Å². The predicted octanol–water partition coefficient (Wildman–Crippen LogP) is 4.21. The molecule has 1 aromatic carbocycles. The molecule has 1 heterocycles. The number of ether oxygens (including phenoxy) is 1. The lowest BCUT2D eigenvalue weighted by Gasteiger charge is -2.17. The van der Waals surface area contributed by atoms with Crippen molar-refractivity contribution < 1.29 is 9.53 Å². The summed E-state index contributed by atoms with van der Waals surface area (Å²) in [6, 6.07) is 6.73. The first-order valence-corrected chi connectivity index (χ1v) is 9.05. The molecule has 0 bridgehead atoms. The van der Waals surface area contributed by atoms with Gasteiger partial charge in [-0.15, -0.1) is 0 Å². The third kappa shape index (κ3) is 6.88.